The fraction of sp³-hybridized carbons (Fsp3) is 0.133. The van der Waals surface area contributed by atoms with Crippen LogP contribution in [0.1, 0.15) is 0 Å². The van der Waals surface area contributed by atoms with Gasteiger partial charge in [-0.3, -0.25) is 4.79 Å². The summed E-state index contributed by atoms with van der Waals surface area (Å²) in [5.41, 5.74) is 0.859. The first-order valence-electron chi connectivity index (χ1n) is 6.56. The summed E-state index contributed by atoms with van der Waals surface area (Å²) in [7, 11) is 1.75. The number of para-hydroxylation sites is 1. The van der Waals surface area contributed by atoms with Gasteiger partial charge in [0.2, 0.25) is 5.91 Å². The van der Waals surface area contributed by atoms with Gasteiger partial charge in [-0.25, -0.2) is 0 Å². The van der Waals surface area contributed by atoms with Crippen molar-refractivity contribution in [2.75, 3.05) is 17.7 Å². The molecule has 2 heterocycles. The number of benzene rings is 1. The van der Waals surface area contributed by atoms with Crippen LogP contribution in [0.4, 0.5) is 5.69 Å². The SMILES string of the molecule is CN(C(=O)CSc1nnc(-c2cccs2)o1)c1ccccc1. The van der Waals surface area contributed by atoms with Gasteiger partial charge in [-0.15, -0.1) is 21.5 Å². The Bertz CT molecular complexity index is 741. The molecule has 1 amide bonds. The van der Waals surface area contributed by atoms with E-state index in [1.54, 1.807) is 11.9 Å². The molecule has 22 heavy (non-hydrogen) atoms. The molecule has 3 aromatic rings. The molecule has 5 nitrogen and oxygen atoms in total. The Balaban J connectivity index is 1.59. The van der Waals surface area contributed by atoms with Crippen molar-refractivity contribution < 1.29 is 9.21 Å². The predicted molar refractivity (Wildman–Crippen MR) is 88.2 cm³/mol. The normalized spacial score (nSPS) is 10.6. The average Bonchev–Trinajstić information content (AvgIpc) is 3.23. The summed E-state index contributed by atoms with van der Waals surface area (Å²) in [6.07, 6.45) is 0. The fourth-order valence-corrected chi connectivity index (χ4v) is 3.11. The second-order valence-electron chi connectivity index (χ2n) is 4.43. The van der Waals surface area contributed by atoms with E-state index >= 15 is 0 Å². The molecule has 112 valence electrons. The maximum atomic E-state index is 12.2. The van der Waals surface area contributed by atoms with E-state index < -0.39 is 0 Å². The minimum absolute atomic E-state index is 0.0212. The number of hydrogen-bond donors (Lipinski definition) is 0. The number of nitrogens with zero attached hydrogens (tertiary/aromatic N) is 3. The van der Waals surface area contributed by atoms with E-state index in [0.29, 0.717) is 11.1 Å². The monoisotopic (exact) mass is 331 g/mol. The number of aromatic nitrogens is 2. The molecule has 7 heteroatoms. The van der Waals surface area contributed by atoms with E-state index in [1.807, 2.05) is 47.8 Å². The van der Waals surface area contributed by atoms with Crippen LogP contribution >= 0.6 is 23.1 Å². The molecule has 1 aromatic carbocycles. The van der Waals surface area contributed by atoms with Gasteiger partial charge >= 0.3 is 0 Å². The second-order valence-corrected chi connectivity index (χ2v) is 6.30. The molecule has 0 bridgehead atoms. The van der Waals surface area contributed by atoms with Gasteiger partial charge in [0.15, 0.2) is 0 Å². The van der Waals surface area contributed by atoms with Gasteiger partial charge in [0.25, 0.3) is 11.1 Å². The molecule has 0 N–H and O–H groups in total. The van der Waals surface area contributed by atoms with Gasteiger partial charge in [0.1, 0.15) is 0 Å². The van der Waals surface area contributed by atoms with Gasteiger partial charge < -0.3 is 9.32 Å². The molecule has 0 aliphatic carbocycles. The third kappa shape index (κ3) is 3.37. The minimum atomic E-state index is -0.0212. The summed E-state index contributed by atoms with van der Waals surface area (Å²) in [5.74, 6) is 0.714. The first-order valence-corrected chi connectivity index (χ1v) is 8.42. The predicted octanol–water partition coefficient (Wildman–Crippen LogP) is 3.55. The molecule has 2 aromatic heterocycles. The molecule has 0 saturated heterocycles. The number of carbonyl (C=O) groups is 1. The first kappa shape index (κ1) is 14.8. The lowest BCUT2D eigenvalue weighted by molar-refractivity contribution is -0.115. The molecule has 0 fully saturated rings. The molecule has 0 atom stereocenters. The molecule has 0 aliphatic rings. The van der Waals surface area contributed by atoms with Gasteiger partial charge in [-0.05, 0) is 23.6 Å². The summed E-state index contributed by atoms with van der Waals surface area (Å²) >= 11 is 2.78. The number of anilines is 1. The highest BCUT2D eigenvalue weighted by Crippen LogP contribution is 2.26. The quantitative estimate of drug-likeness (QED) is 0.669. The number of amides is 1. The van der Waals surface area contributed by atoms with Crippen molar-refractivity contribution in [2.24, 2.45) is 0 Å². The lowest BCUT2D eigenvalue weighted by Crippen LogP contribution is -2.27. The fourth-order valence-electron chi connectivity index (χ4n) is 1.78. The van der Waals surface area contributed by atoms with E-state index in [9.17, 15) is 4.79 Å². The Kier molecular flexibility index (Phi) is 4.55. The first-order chi connectivity index (χ1) is 10.7. The van der Waals surface area contributed by atoms with E-state index in [-0.39, 0.29) is 11.7 Å². The highest BCUT2D eigenvalue weighted by Gasteiger charge is 2.14. The summed E-state index contributed by atoms with van der Waals surface area (Å²) in [4.78, 5) is 14.7. The number of hydrogen-bond acceptors (Lipinski definition) is 6. The molecule has 0 saturated carbocycles. The van der Waals surface area contributed by atoms with Crippen LogP contribution in [0.15, 0.2) is 57.5 Å². The number of thioether (sulfide) groups is 1. The van der Waals surface area contributed by atoms with Crippen LogP contribution in [0.3, 0.4) is 0 Å². The summed E-state index contributed by atoms with van der Waals surface area (Å²) in [6, 6.07) is 13.3. The van der Waals surface area contributed by atoms with Crippen molar-refractivity contribution in [3.63, 3.8) is 0 Å². The number of carbonyl (C=O) groups excluding carboxylic acids is 1. The van der Waals surface area contributed by atoms with Crippen molar-refractivity contribution in [2.45, 2.75) is 5.22 Å². The van der Waals surface area contributed by atoms with E-state index in [1.165, 1.54) is 23.1 Å². The zero-order valence-electron chi connectivity index (χ0n) is 11.8. The van der Waals surface area contributed by atoms with E-state index in [2.05, 4.69) is 10.2 Å². The lowest BCUT2D eigenvalue weighted by Gasteiger charge is -2.16. The minimum Gasteiger partial charge on any atom is -0.410 e. The number of thiophene rings is 1. The van der Waals surface area contributed by atoms with Crippen molar-refractivity contribution in [3.05, 3.63) is 47.8 Å². The van der Waals surface area contributed by atoms with Crippen LogP contribution in [-0.2, 0) is 4.79 Å². The molecular formula is C15H13N3O2S2. The van der Waals surface area contributed by atoms with Crippen molar-refractivity contribution in [1.82, 2.24) is 10.2 Å². The molecule has 0 unspecified atom stereocenters. The van der Waals surface area contributed by atoms with Crippen LogP contribution in [0.2, 0.25) is 0 Å². The van der Waals surface area contributed by atoms with Gasteiger partial charge in [-0.1, -0.05) is 36.0 Å². The maximum absolute atomic E-state index is 12.2. The van der Waals surface area contributed by atoms with E-state index in [0.717, 1.165) is 10.6 Å². The lowest BCUT2D eigenvalue weighted by atomic mass is 10.3. The average molecular weight is 331 g/mol. The van der Waals surface area contributed by atoms with Crippen LogP contribution in [0, 0.1) is 0 Å². The van der Waals surface area contributed by atoms with Gasteiger partial charge in [-0.2, -0.15) is 0 Å². The van der Waals surface area contributed by atoms with E-state index in [4.69, 9.17) is 4.42 Å². The molecule has 0 aliphatic heterocycles. The highest BCUT2D eigenvalue weighted by molar-refractivity contribution is 7.99. The van der Waals surface area contributed by atoms with Gasteiger partial charge in [0, 0.05) is 12.7 Å². The molecule has 0 spiro atoms. The van der Waals surface area contributed by atoms with Crippen molar-refractivity contribution in [1.29, 1.82) is 0 Å². The summed E-state index contributed by atoms with van der Waals surface area (Å²) in [6.45, 7) is 0. The Morgan fingerprint density at radius 2 is 2.05 bits per heavy atom. The zero-order valence-corrected chi connectivity index (χ0v) is 13.4. The molecule has 0 radical (unpaired) electrons. The van der Waals surface area contributed by atoms with Crippen molar-refractivity contribution in [3.8, 4) is 10.8 Å². The smallest absolute Gasteiger partial charge is 0.277 e. The Labute approximate surface area is 136 Å². The zero-order chi connectivity index (χ0) is 15.4. The van der Waals surface area contributed by atoms with Gasteiger partial charge in [0.05, 0.1) is 10.6 Å². The van der Waals surface area contributed by atoms with Crippen LogP contribution in [-0.4, -0.2) is 28.9 Å². The Hall–Kier alpha value is -2.12. The third-order valence-electron chi connectivity index (χ3n) is 2.98. The Morgan fingerprint density at radius 3 is 2.77 bits per heavy atom. The summed E-state index contributed by atoms with van der Waals surface area (Å²) < 4.78 is 5.54. The largest absolute Gasteiger partial charge is 0.410 e. The highest BCUT2D eigenvalue weighted by atomic mass is 32.2. The van der Waals surface area contributed by atoms with Crippen LogP contribution in [0.25, 0.3) is 10.8 Å². The summed E-state index contributed by atoms with van der Waals surface area (Å²) in [5, 5.41) is 10.3. The molecular weight excluding hydrogens is 318 g/mol. The second kappa shape index (κ2) is 6.76. The van der Waals surface area contributed by atoms with Crippen molar-refractivity contribution >= 4 is 34.7 Å². The standard InChI is InChI=1S/C15H13N3O2S2/c1-18(11-6-3-2-4-7-11)13(19)10-22-15-17-16-14(20-15)12-8-5-9-21-12/h2-9H,10H2,1H3. The molecule has 3 rings (SSSR count). The third-order valence-corrected chi connectivity index (χ3v) is 4.64. The number of rotatable bonds is 5. The Morgan fingerprint density at radius 1 is 1.23 bits per heavy atom. The van der Waals surface area contributed by atoms with Crippen LogP contribution < -0.4 is 4.90 Å². The maximum Gasteiger partial charge on any atom is 0.277 e. The topological polar surface area (TPSA) is 59.2 Å². The van der Waals surface area contributed by atoms with Crippen LogP contribution in [0.5, 0.6) is 0 Å².